The van der Waals surface area contributed by atoms with Crippen molar-refractivity contribution in [1.29, 1.82) is 0 Å². The van der Waals surface area contributed by atoms with Crippen LogP contribution in [0.5, 0.6) is 5.75 Å². The minimum atomic E-state index is -0.167. The fourth-order valence-corrected chi connectivity index (χ4v) is 1.83. The first-order valence-corrected chi connectivity index (χ1v) is 6.23. The Labute approximate surface area is 117 Å². The lowest BCUT2D eigenvalue weighted by molar-refractivity contribution is 0.0950. The van der Waals surface area contributed by atoms with Crippen LogP contribution in [-0.4, -0.2) is 18.0 Å². The van der Waals surface area contributed by atoms with E-state index in [2.05, 4.69) is 10.3 Å². The highest BCUT2D eigenvalue weighted by Crippen LogP contribution is 2.22. The number of amides is 1. The van der Waals surface area contributed by atoms with Crippen LogP contribution in [0.4, 0.5) is 5.69 Å². The van der Waals surface area contributed by atoms with Crippen molar-refractivity contribution in [3.8, 4) is 5.75 Å². The molecule has 20 heavy (non-hydrogen) atoms. The van der Waals surface area contributed by atoms with Crippen LogP contribution in [0.25, 0.3) is 0 Å². The zero-order valence-electron chi connectivity index (χ0n) is 11.5. The number of ether oxygens (including phenoxy) is 1. The molecule has 0 radical (unpaired) electrons. The fourth-order valence-electron chi connectivity index (χ4n) is 1.83. The number of carbonyl (C=O) groups excluding carboxylic acids is 1. The molecular formula is C15H17N3O2. The maximum atomic E-state index is 12.1. The molecule has 5 heteroatoms. The number of nitrogen functional groups attached to an aromatic ring is 1. The number of aryl methyl sites for hydroxylation is 1. The molecule has 0 aliphatic heterocycles. The maximum Gasteiger partial charge on any atom is 0.251 e. The number of benzene rings is 1. The molecule has 1 aromatic heterocycles. The van der Waals surface area contributed by atoms with Gasteiger partial charge in [0.1, 0.15) is 5.75 Å². The van der Waals surface area contributed by atoms with Crippen molar-refractivity contribution in [3.63, 3.8) is 0 Å². The molecule has 1 amide bonds. The third-order valence-electron chi connectivity index (χ3n) is 3.07. The fraction of sp³-hybridized carbons (Fsp3) is 0.200. The third kappa shape index (κ3) is 3.06. The van der Waals surface area contributed by atoms with Crippen LogP contribution in [-0.2, 0) is 6.54 Å². The summed E-state index contributed by atoms with van der Waals surface area (Å²) in [4.78, 5) is 16.1. The molecule has 0 aliphatic carbocycles. The first-order chi connectivity index (χ1) is 9.61. The Balaban J connectivity index is 2.07. The van der Waals surface area contributed by atoms with Crippen LogP contribution in [0, 0.1) is 6.92 Å². The normalized spacial score (nSPS) is 10.1. The van der Waals surface area contributed by atoms with Gasteiger partial charge in [-0.15, -0.1) is 0 Å². The number of hydrogen-bond acceptors (Lipinski definition) is 4. The molecule has 0 spiro atoms. The van der Waals surface area contributed by atoms with Gasteiger partial charge in [-0.2, -0.15) is 0 Å². The summed E-state index contributed by atoms with van der Waals surface area (Å²) in [6.45, 7) is 2.42. The van der Waals surface area contributed by atoms with Gasteiger partial charge < -0.3 is 15.8 Å². The van der Waals surface area contributed by atoms with Gasteiger partial charge in [0.05, 0.1) is 12.8 Å². The van der Waals surface area contributed by atoms with Gasteiger partial charge in [0.25, 0.3) is 5.91 Å². The van der Waals surface area contributed by atoms with Gasteiger partial charge in [-0.05, 0) is 42.3 Å². The average Bonchev–Trinajstić information content (AvgIpc) is 2.46. The van der Waals surface area contributed by atoms with Gasteiger partial charge >= 0.3 is 0 Å². The summed E-state index contributed by atoms with van der Waals surface area (Å²) < 4.78 is 5.10. The SMILES string of the molecule is COc1cc(C(=O)NCc2ccncc2C)ccc1N. The number of hydrogen-bond donors (Lipinski definition) is 2. The summed E-state index contributed by atoms with van der Waals surface area (Å²) in [5.41, 5.74) is 8.83. The minimum absolute atomic E-state index is 0.167. The van der Waals surface area contributed by atoms with E-state index in [1.165, 1.54) is 7.11 Å². The zero-order chi connectivity index (χ0) is 14.5. The first-order valence-electron chi connectivity index (χ1n) is 6.23. The number of pyridine rings is 1. The highest BCUT2D eigenvalue weighted by molar-refractivity contribution is 5.95. The Morgan fingerprint density at radius 3 is 2.90 bits per heavy atom. The Kier molecular flexibility index (Phi) is 4.20. The highest BCUT2D eigenvalue weighted by Gasteiger charge is 2.09. The zero-order valence-corrected chi connectivity index (χ0v) is 11.5. The van der Waals surface area contributed by atoms with Crippen LogP contribution in [0.3, 0.4) is 0 Å². The van der Waals surface area contributed by atoms with Crippen LogP contribution in [0.2, 0.25) is 0 Å². The lowest BCUT2D eigenvalue weighted by Crippen LogP contribution is -2.23. The van der Waals surface area contributed by atoms with Crippen molar-refractivity contribution in [1.82, 2.24) is 10.3 Å². The number of nitrogens with zero attached hydrogens (tertiary/aromatic N) is 1. The summed E-state index contributed by atoms with van der Waals surface area (Å²) in [6.07, 6.45) is 3.48. The van der Waals surface area contributed by atoms with Crippen molar-refractivity contribution < 1.29 is 9.53 Å². The maximum absolute atomic E-state index is 12.1. The molecule has 3 N–H and O–H groups in total. The Morgan fingerprint density at radius 2 is 2.20 bits per heavy atom. The van der Waals surface area contributed by atoms with Gasteiger partial charge in [-0.3, -0.25) is 9.78 Å². The molecule has 0 unspecified atom stereocenters. The van der Waals surface area contributed by atoms with E-state index in [1.54, 1.807) is 30.6 Å². The molecule has 0 saturated carbocycles. The van der Waals surface area contributed by atoms with E-state index >= 15 is 0 Å². The first kappa shape index (κ1) is 13.9. The second kappa shape index (κ2) is 6.06. The second-order valence-electron chi connectivity index (χ2n) is 4.44. The highest BCUT2D eigenvalue weighted by atomic mass is 16.5. The quantitative estimate of drug-likeness (QED) is 0.833. The monoisotopic (exact) mass is 271 g/mol. The molecule has 0 bridgehead atoms. The van der Waals surface area contributed by atoms with E-state index < -0.39 is 0 Å². The number of carbonyl (C=O) groups is 1. The smallest absolute Gasteiger partial charge is 0.251 e. The minimum Gasteiger partial charge on any atom is -0.495 e. The van der Waals surface area contributed by atoms with Crippen LogP contribution in [0.1, 0.15) is 21.5 Å². The number of aromatic nitrogens is 1. The Hall–Kier alpha value is -2.56. The van der Waals surface area contributed by atoms with Gasteiger partial charge in [-0.25, -0.2) is 0 Å². The summed E-state index contributed by atoms with van der Waals surface area (Å²) >= 11 is 0. The number of nitrogens with two attached hydrogens (primary N) is 1. The molecule has 0 saturated heterocycles. The number of nitrogens with one attached hydrogen (secondary N) is 1. The van der Waals surface area contributed by atoms with Crippen molar-refractivity contribution in [2.45, 2.75) is 13.5 Å². The van der Waals surface area contributed by atoms with E-state index in [9.17, 15) is 4.79 Å². The number of rotatable bonds is 4. The second-order valence-corrected chi connectivity index (χ2v) is 4.44. The predicted octanol–water partition coefficient (Wildman–Crippen LogP) is 1.91. The van der Waals surface area contributed by atoms with E-state index in [1.807, 2.05) is 13.0 Å². The van der Waals surface area contributed by atoms with Crippen LogP contribution >= 0.6 is 0 Å². The molecule has 5 nitrogen and oxygen atoms in total. The molecule has 104 valence electrons. The van der Waals surface area contributed by atoms with Gasteiger partial charge in [-0.1, -0.05) is 0 Å². The standard InChI is InChI=1S/C15H17N3O2/c1-10-8-17-6-5-12(10)9-18-15(19)11-3-4-13(16)14(7-11)20-2/h3-8H,9,16H2,1-2H3,(H,18,19). The number of anilines is 1. The number of methoxy groups -OCH3 is 1. The lowest BCUT2D eigenvalue weighted by Gasteiger charge is -2.09. The van der Waals surface area contributed by atoms with Crippen molar-refractivity contribution in [3.05, 3.63) is 53.3 Å². The topological polar surface area (TPSA) is 77.2 Å². The Morgan fingerprint density at radius 1 is 1.40 bits per heavy atom. The molecule has 1 aromatic carbocycles. The molecular weight excluding hydrogens is 254 g/mol. The summed E-state index contributed by atoms with van der Waals surface area (Å²) in [6, 6.07) is 6.85. The molecule has 0 fully saturated rings. The molecule has 1 heterocycles. The van der Waals surface area contributed by atoms with Crippen molar-refractivity contribution in [2.24, 2.45) is 0 Å². The molecule has 0 aliphatic rings. The van der Waals surface area contributed by atoms with E-state index in [0.29, 0.717) is 23.5 Å². The van der Waals surface area contributed by atoms with E-state index in [-0.39, 0.29) is 5.91 Å². The predicted molar refractivity (Wildman–Crippen MR) is 77.6 cm³/mol. The van der Waals surface area contributed by atoms with Crippen molar-refractivity contribution >= 4 is 11.6 Å². The molecule has 2 rings (SSSR count). The summed E-state index contributed by atoms with van der Waals surface area (Å²) in [7, 11) is 1.52. The van der Waals surface area contributed by atoms with E-state index in [0.717, 1.165) is 11.1 Å². The molecule has 2 aromatic rings. The van der Waals surface area contributed by atoms with Gasteiger partial charge in [0, 0.05) is 24.5 Å². The summed E-state index contributed by atoms with van der Waals surface area (Å²) in [5.74, 6) is 0.331. The lowest BCUT2D eigenvalue weighted by atomic mass is 10.1. The van der Waals surface area contributed by atoms with Gasteiger partial charge in [0.2, 0.25) is 0 Å². The largest absolute Gasteiger partial charge is 0.495 e. The summed E-state index contributed by atoms with van der Waals surface area (Å²) in [5, 5.41) is 2.86. The van der Waals surface area contributed by atoms with Crippen LogP contribution < -0.4 is 15.8 Å². The molecule has 0 atom stereocenters. The third-order valence-corrected chi connectivity index (χ3v) is 3.07. The van der Waals surface area contributed by atoms with Crippen molar-refractivity contribution in [2.75, 3.05) is 12.8 Å². The van der Waals surface area contributed by atoms with Gasteiger partial charge in [0.15, 0.2) is 0 Å². The van der Waals surface area contributed by atoms with Crippen LogP contribution in [0.15, 0.2) is 36.7 Å². The van der Waals surface area contributed by atoms with E-state index in [4.69, 9.17) is 10.5 Å². The Bertz CT molecular complexity index is 626. The average molecular weight is 271 g/mol.